The van der Waals surface area contributed by atoms with Crippen LogP contribution in [0.2, 0.25) is 0 Å². The average molecular weight is 685 g/mol. The number of imide groups is 1. The predicted molar refractivity (Wildman–Crippen MR) is 159 cm³/mol. The van der Waals surface area contributed by atoms with E-state index in [9.17, 15) is 42.2 Å². The Morgan fingerprint density at radius 3 is 2.02 bits per heavy atom. The van der Waals surface area contributed by atoms with E-state index in [2.05, 4.69) is 10.6 Å². The number of carbonyl (C=O) groups excluding carboxylic acids is 5. The first-order valence-electron chi connectivity index (χ1n) is 14.3. The number of amides is 5. The van der Waals surface area contributed by atoms with Crippen molar-refractivity contribution in [3.05, 3.63) is 65.2 Å². The van der Waals surface area contributed by atoms with E-state index < -0.39 is 69.8 Å². The zero-order chi connectivity index (χ0) is 33.3. The van der Waals surface area contributed by atoms with Gasteiger partial charge in [-0.05, 0) is 48.6 Å². The van der Waals surface area contributed by atoms with Crippen molar-refractivity contribution < 1.29 is 98.3 Å². The van der Waals surface area contributed by atoms with E-state index in [1.165, 1.54) is 19.2 Å². The summed E-state index contributed by atoms with van der Waals surface area (Å²) < 4.78 is 37.7. The fourth-order valence-corrected chi connectivity index (χ4v) is 5.56. The minimum Gasteiger partial charge on any atom is -0.748 e. The van der Waals surface area contributed by atoms with Gasteiger partial charge in [0.25, 0.3) is 11.8 Å². The second-order valence-electron chi connectivity index (χ2n) is 11.1. The molecule has 3 rings (SSSR count). The Morgan fingerprint density at radius 1 is 0.935 bits per heavy atom. The van der Waals surface area contributed by atoms with Gasteiger partial charge in [0.05, 0.1) is 39.7 Å². The third-order valence-electron chi connectivity index (χ3n) is 7.30. The number of ether oxygens (including phenoxy) is 1. The number of hydroxylamine groups is 1. The zero-order valence-electron chi connectivity index (χ0n) is 26.1. The van der Waals surface area contributed by atoms with E-state index in [1.54, 1.807) is 41.9 Å². The third kappa shape index (κ3) is 10.9. The molecule has 244 valence electrons. The summed E-state index contributed by atoms with van der Waals surface area (Å²) in [5.41, 5.74) is 2.52. The Labute approximate surface area is 310 Å². The SMILES string of the molecule is CNC(=O)C(Cc1ccc(OCCCS(=O)(=O)[O-])cc1)NC(=O)C(CC(C)C)C(CN1C(=O)c2ccccc2C1=O)C(=O)NO.[K+]. The number of fused-ring (bicyclic) bond motifs is 1. The maximum atomic E-state index is 13.8. The van der Waals surface area contributed by atoms with Crippen LogP contribution in [0.4, 0.5) is 0 Å². The van der Waals surface area contributed by atoms with Crippen molar-refractivity contribution >= 4 is 39.7 Å². The van der Waals surface area contributed by atoms with Crippen LogP contribution < -0.4 is 72.2 Å². The van der Waals surface area contributed by atoms with Gasteiger partial charge in [-0.1, -0.05) is 38.1 Å². The molecule has 0 spiro atoms. The fourth-order valence-electron chi connectivity index (χ4n) is 5.08. The van der Waals surface area contributed by atoms with Crippen LogP contribution >= 0.6 is 0 Å². The van der Waals surface area contributed by atoms with Gasteiger partial charge in [-0.15, -0.1) is 0 Å². The van der Waals surface area contributed by atoms with Crippen molar-refractivity contribution in [3.8, 4) is 5.75 Å². The van der Waals surface area contributed by atoms with Crippen LogP contribution in [0.25, 0.3) is 0 Å². The molecule has 0 fully saturated rings. The first-order valence-corrected chi connectivity index (χ1v) is 15.9. The third-order valence-corrected chi connectivity index (χ3v) is 8.09. The molecule has 46 heavy (non-hydrogen) atoms. The molecule has 1 aliphatic rings. The zero-order valence-corrected chi connectivity index (χ0v) is 30.1. The Kier molecular flexibility index (Phi) is 15.5. The van der Waals surface area contributed by atoms with Gasteiger partial charge in [0.1, 0.15) is 11.8 Å². The Morgan fingerprint density at radius 2 is 1.52 bits per heavy atom. The van der Waals surface area contributed by atoms with Crippen molar-refractivity contribution in [3.63, 3.8) is 0 Å². The second-order valence-corrected chi connectivity index (χ2v) is 12.6. The molecule has 0 bridgehead atoms. The Bertz CT molecular complexity index is 1480. The molecule has 3 unspecified atom stereocenters. The molecule has 0 saturated heterocycles. The number of hydrogen-bond donors (Lipinski definition) is 4. The number of carbonyl (C=O) groups is 5. The molecular formula is C30H37KN4O10S. The van der Waals surface area contributed by atoms with Crippen molar-refractivity contribution in [2.45, 2.75) is 39.2 Å². The summed E-state index contributed by atoms with van der Waals surface area (Å²) in [5, 5.41) is 14.7. The summed E-state index contributed by atoms with van der Waals surface area (Å²) in [5.74, 6) is -6.16. The molecule has 16 heteroatoms. The quantitative estimate of drug-likeness (QED) is 0.0376. The molecule has 3 atom stereocenters. The largest absolute Gasteiger partial charge is 1.00 e. The number of rotatable bonds is 16. The van der Waals surface area contributed by atoms with Crippen molar-refractivity contribution in [1.29, 1.82) is 0 Å². The average Bonchev–Trinajstić information content (AvgIpc) is 3.24. The number of benzene rings is 2. The summed E-state index contributed by atoms with van der Waals surface area (Å²) in [7, 11) is -2.94. The smallest absolute Gasteiger partial charge is 0.748 e. The van der Waals surface area contributed by atoms with Crippen molar-refractivity contribution in [1.82, 2.24) is 21.0 Å². The van der Waals surface area contributed by atoms with E-state index in [4.69, 9.17) is 4.74 Å². The van der Waals surface area contributed by atoms with Crippen LogP contribution in [0.3, 0.4) is 0 Å². The Balaban J connectivity index is 0.00000736. The summed E-state index contributed by atoms with van der Waals surface area (Å²) in [6.07, 6.45) is 0.204. The van der Waals surface area contributed by atoms with Crippen molar-refractivity contribution in [2.24, 2.45) is 17.8 Å². The van der Waals surface area contributed by atoms with Crippen LogP contribution in [0.1, 0.15) is 53.0 Å². The number of nitrogens with zero attached hydrogens (tertiary/aromatic N) is 1. The molecule has 1 aliphatic heterocycles. The predicted octanol–water partition coefficient (Wildman–Crippen LogP) is -2.14. The molecule has 0 aliphatic carbocycles. The van der Waals surface area contributed by atoms with Gasteiger partial charge in [-0.3, -0.25) is 34.1 Å². The van der Waals surface area contributed by atoms with E-state index in [-0.39, 0.29) is 94.3 Å². The molecule has 2 aromatic carbocycles. The minimum atomic E-state index is -4.34. The Hall–Kier alpha value is -2.70. The van der Waals surface area contributed by atoms with Crippen LogP contribution in [0.15, 0.2) is 48.5 Å². The normalized spacial score (nSPS) is 14.5. The topological polar surface area (TPSA) is 211 Å². The summed E-state index contributed by atoms with van der Waals surface area (Å²) in [6, 6.07) is 11.6. The first-order chi connectivity index (χ1) is 21.2. The van der Waals surface area contributed by atoms with Crippen molar-refractivity contribution in [2.75, 3.05) is 26.0 Å². The van der Waals surface area contributed by atoms with Gasteiger partial charge in [0, 0.05) is 25.8 Å². The summed E-state index contributed by atoms with van der Waals surface area (Å²) in [4.78, 5) is 66.5. The van der Waals surface area contributed by atoms with Gasteiger partial charge in [0.2, 0.25) is 17.7 Å². The molecule has 0 aromatic heterocycles. The molecule has 0 radical (unpaired) electrons. The maximum Gasteiger partial charge on any atom is 1.00 e. The second kappa shape index (κ2) is 18.0. The van der Waals surface area contributed by atoms with E-state index in [0.717, 1.165) is 4.90 Å². The van der Waals surface area contributed by atoms with Gasteiger partial charge < -0.3 is 19.9 Å². The monoisotopic (exact) mass is 684 g/mol. The first kappa shape index (κ1) is 39.5. The van der Waals surface area contributed by atoms with E-state index in [1.807, 2.05) is 13.8 Å². The van der Waals surface area contributed by atoms with Gasteiger partial charge >= 0.3 is 51.4 Å². The molecule has 4 N–H and O–H groups in total. The van der Waals surface area contributed by atoms with Gasteiger partial charge in [-0.2, -0.15) is 0 Å². The fraction of sp³-hybridized carbons (Fsp3) is 0.433. The standard InChI is InChI=1S/C30H38N4O10S.K/c1-18(2)15-23(24(27(36)33-40)17-34-29(38)21-7-4-5-8-22(21)30(34)39)26(35)32-25(28(37)31-3)16-19-9-11-20(12-10-19)44-13-6-14-45(41,42)43;/h4-5,7-12,18,23-25,40H,6,13-17H2,1-3H3,(H,31,37)(H,32,35)(H,33,36)(H,41,42,43);/q;+1/p-1. The van der Waals surface area contributed by atoms with Crippen LogP contribution in [-0.4, -0.2) is 84.6 Å². The van der Waals surface area contributed by atoms with Gasteiger partial charge in [-0.25, -0.2) is 13.9 Å². The summed E-state index contributed by atoms with van der Waals surface area (Å²) in [6.45, 7) is 3.17. The number of nitrogens with one attached hydrogen (secondary N) is 3. The molecule has 1 heterocycles. The van der Waals surface area contributed by atoms with Crippen LogP contribution in [-0.2, 0) is 30.9 Å². The minimum absolute atomic E-state index is 0. The molecular weight excluding hydrogens is 648 g/mol. The van der Waals surface area contributed by atoms with E-state index >= 15 is 0 Å². The van der Waals surface area contributed by atoms with Gasteiger partial charge in [0.15, 0.2) is 0 Å². The summed E-state index contributed by atoms with van der Waals surface area (Å²) >= 11 is 0. The molecule has 0 saturated carbocycles. The molecule has 5 amide bonds. The van der Waals surface area contributed by atoms with Crippen LogP contribution in [0, 0.1) is 17.8 Å². The number of likely N-dealkylation sites (N-methyl/N-ethyl adjacent to an activating group) is 1. The molecule has 14 nitrogen and oxygen atoms in total. The maximum absolute atomic E-state index is 13.8. The van der Waals surface area contributed by atoms with Crippen LogP contribution in [0.5, 0.6) is 5.75 Å². The van der Waals surface area contributed by atoms with E-state index in [0.29, 0.717) is 11.3 Å². The molecule has 2 aromatic rings. The number of hydrogen-bond acceptors (Lipinski definition) is 10.